The van der Waals surface area contributed by atoms with Gasteiger partial charge < -0.3 is 24.4 Å². The third-order valence-electron chi connectivity index (χ3n) is 5.28. The number of benzene rings is 2. The number of aromatic nitrogens is 1. The average Bonchev–Trinajstić information content (AvgIpc) is 3.23. The third-order valence-corrected chi connectivity index (χ3v) is 5.28. The Balaban J connectivity index is 1.73. The first-order chi connectivity index (χ1) is 16.0. The highest BCUT2D eigenvalue weighted by Crippen LogP contribution is 2.16. The van der Waals surface area contributed by atoms with Gasteiger partial charge in [-0.15, -0.1) is 6.58 Å². The lowest BCUT2D eigenvalue weighted by Gasteiger charge is -2.27. The number of aryl methyl sites for hydroxylation is 1. The van der Waals surface area contributed by atoms with Crippen molar-refractivity contribution in [3.63, 3.8) is 0 Å². The Morgan fingerprint density at radius 1 is 1.00 bits per heavy atom. The lowest BCUT2D eigenvalue weighted by molar-refractivity contribution is -0.133. The van der Waals surface area contributed by atoms with Crippen LogP contribution < -0.4 is 10.1 Å². The maximum absolute atomic E-state index is 13.4. The molecule has 33 heavy (non-hydrogen) atoms. The number of amides is 3. The minimum Gasteiger partial charge on any atom is -0.497 e. The highest BCUT2D eigenvalue weighted by atomic mass is 16.5. The van der Waals surface area contributed by atoms with Crippen LogP contribution in [0.5, 0.6) is 5.75 Å². The molecule has 3 aromatic rings. The second-order valence-corrected chi connectivity index (χ2v) is 7.67. The molecule has 0 radical (unpaired) electrons. The smallest absolute Gasteiger partial charge is 0.322 e. The van der Waals surface area contributed by atoms with Crippen molar-refractivity contribution in [3.05, 3.63) is 96.8 Å². The molecule has 0 fully saturated rings. The topological polar surface area (TPSA) is 66.8 Å². The van der Waals surface area contributed by atoms with E-state index in [4.69, 9.17) is 4.74 Å². The monoisotopic (exact) mass is 446 g/mol. The van der Waals surface area contributed by atoms with Gasteiger partial charge in [-0.3, -0.25) is 4.79 Å². The average molecular weight is 447 g/mol. The van der Waals surface area contributed by atoms with Gasteiger partial charge in [-0.2, -0.15) is 0 Å². The third kappa shape index (κ3) is 6.74. The molecule has 0 bridgehead atoms. The number of urea groups is 1. The number of nitrogens with one attached hydrogen (secondary N) is 1. The number of nitrogens with zero attached hydrogens (tertiary/aromatic N) is 3. The zero-order valence-corrected chi connectivity index (χ0v) is 19.1. The second-order valence-electron chi connectivity index (χ2n) is 7.67. The molecule has 1 aromatic heterocycles. The Kier molecular flexibility index (Phi) is 8.30. The lowest BCUT2D eigenvalue weighted by atomic mass is 10.2. The molecule has 0 saturated carbocycles. The van der Waals surface area contributed by atoms with Gasteiger partial charge in [-0.1, -0.05) is 36.4 Å². The fourth-order valence-corrected chi connectivity index (χ4v) is 3.41. The minimum atomic E-state index is -0.369. The van der Waals surface area contributed by atoms with Crippen molar-refractivity contribution in [2.45, 2.75) is 13.1 Å². The summed E-state index contributed by atoms with van der Waals surface area (Å²) < 4.78 is 7.14. The summed E-state index contributed by atoms with van der Waals surface area (Å²) in [6, 6.07) is 20.4. The first-order valence-electron chi connectivity index (χ1n) is 10.7. The molecule has 3 rings (SSSR count). The largest absolute Gasteiger partial charge is 0.497 e. The molecule has 1 N–H and O–H groups in total. The molecule has 7 heteroatoms. The lowest BCUT2D eigenvalue weighted by Crippen LogP contribution is -2.44. The van der Waals surface area contributed by atoms with Crippen LogP contribution in [-0.4, -0.2) is 46.5 Å². The maximum atomic E-state index is 13.4. The molecule has 7 nitrogen and oxygen atoms in total. The summed E-state index contributed by atoms with van der Waals surface area (Å²) in [6.45, 7) is 4.82. The van der Waals surface area contributed by atoms with Crippen LogP contribution in [0.1, 0.15) is 11.3 Å². The Bertz CT molecular complexity index is 1060. The fourth-order valence-electron chi connectivity index (χ4n) is 3.41. The molecule has 172 valence electrons. The van der Waals surface area contributed by atoms with E-state index >= 15 is 0 Å². The van der Waals surface area contributed by atoms with E-state index in [9.17, 15) is 9.59 Å². The van der Waals surface area contributed by atoms with Crippen LogP contribution in [0.15, 0.2) is 85.6 Å². The van der Waals surface area contributed by atoms with Crippen LogP contribution in [0, 0.1) is 0 Å². The highest BCUT2D eigenvalue weighted by molar-refractivity contribution is 5.92. The molecule has 0 atom stereocenters. The first-order valence-corrected chi connectivity index (χ1v) is 10.7. The molecule has 0 aliphatic rings. The van der Waals surface area contributed by atoms with Gasteiger partial charge in [0.1, 0.15) is 12.3 Å². The number of carbonyl (C=O) groups is 2. The molecule has 0 aliphatic carbocycles. The molecule has 1 heterocycles. The number of hydrogen-bond donors (Lipinski definition) is 1. The van der Waals surface area contributed by atoms with E-state index in [0.717, 1.165) is 11.3 Å². The summed E-state index contributed by atoms with van der Waals surface area (Å²) in [5.74, 6) is 0.551. The van der Waals surface area contributed by atoms with Gasteiger partial charge >= 0.3 is 6.03 Å². The Morgan fingerprint density at radius 2 is 1.73 bits per heavy atom. The number of ether oxygens (including phenoxy) is 1. The molecule has 2 aromatic carbocycles. The molecule has 0 saturated heterocycles. The van der Waals surface area contributed by atoms with E-state index in [1.165, 1.54) is 4.90 Å². The van der Waals surface area contributed by atoms with Gasteiger partial charge in [0.25, 0.3) is 0 Å². The van der Waals surface area contributed by atoms with Crippen molar-refractivity contribution in [1.82, 2.24) is 14.4 Å². The van der Waals surface area contributed by atoms with E-state index in [-0.39, 0.29) is 25.0 Å². The summed E-state index contributed by atoms with van der Waals surface area (Å²) in [5, 5.41) is 2.84. The van der Waals surface area contributed by atoms with E-state index in [1.54, 1.807) is 42.4 Å². The van der Waals surface area contributed by atoms with Crippen LogP contribution in [0.25, 0.3) is 0 Å². The number of hydrogen-bond acceptors (Lipinski definition) is 3. The zero-order chi connectivity index (χ0) is 23.6. The van der Waals surface area contributed by atoms with Gasteiger partial charge in [0.2, 0.25) is 5.91 Å². The Labute approximate surface area is 194 Å². The number of methoxy groups -OCH3 is 1. The van der Waals surface area contributed by atoms with Crippen LogP contribution in [-0.2, 0) is 24.9 Å². The van der Waals surface area contributed by atoms with Gasteiger partial charge in [-0.25, -0.2) is 4.79 Å². The number of anilines is 1. The normalized spacial score (nSPS) is 10.4. The summed E-state index contributed by atoms with van der Waals surface area (Å²) >= 11 is 0. The second kappa shape index (κ2) is 11.6. The number of carbonyl (C=O) groups excluding carboxylic acids is 2. The Hall–Kier alpha value is -4.00. The number of rotatable bonds is 10. The standard InChI is InChI=1S/C26H30N4O3/c1-4-16-29(26(32)27-22-12-14-24(33-3)15-13-22)20-25(31)30(18-21-9-6-5-7-10-21)19-23-11-8-17-28(23)2/h4-15,17H,1,16,18-20H2,2-3H3,(H,27,32). The van der Waals surface area contributed by atoms with E-state index in [0.29, 0.717) is 24.5 Å². The van der Waals surface area contributed by atoms with Gasteiger partial charge in [0.05, 0.1) is 13.7 Å². The molecule has 0 spiro atoms. The minimum absolute atomic E-state index is 0.0642. The van der Waals surface area contributed by atoms with E-state index in [1.807, 2.05) is 60.3 Å². The van der Waals surface area contributed by atoms with Crippen molar-refractivity contribution in [3.8, 4) is 5.75 Å². The summed E-state index contributed by atoms with van der Waals surface area (Å²) in [6.07, 6.45) is 3.56. The van der Waals surface area contributed by atoms with Crippen LogP contribution in [0.2, 0.25) is 0 Å². The van der Waals surface area contributed by atoms with Crippen molar-refractivity contribution in [2.75, 3.05) is 25.5 Å². The van der Waals surface area contributed by atoms with E-state index in [2.05, 4.69) is 11.9 Å². The quantitative estimate of drug-likeness (QED) is 0.473. The summed E-state index contributed by atoms with van der Waals surface area (Å²) in [5.41, 5.74) is 2.66. The molecule has 3 amide bonds. The van der Waals surface area contributed by atoms with Gasteiger partial charge in [0.15, 0.2) is 0 Å². The summed E-state index contributed by atoms with van der Waals surface area (Å²) in [7, 11) is 3.54. The first kappa shape index (κ1) is 23.7. The van der Waals surface area contributed by atoms with Crippen LogP contribution in [0.3, 0.4) is 0 Å². The Morgan fingerprint density at radius 3 is 2.33 bits per heavy atom. The predicted octanol–water partition coefficient (Wildman–Crippen LogP) is 4.28. The van der Waals surface area contributed by atoms with Crippen molar-refractivity contribution >= 4 is 17.6 Å². The molecular formula is C26H30N4O3. The highest BCUT2D eigenvalue weighted by Gasteiger charge is 2.22. The van der Waals surface area contributed by atoms with Gasteiger partial charge in [-0.05, 0) is 42.0 Å². The molecule has 0 aliphatic heterocycles. The molecule has 0 unspecified atom stereocenters. The van der Waals surface area contributed by atoms with Crippen molar-refractivity contribution < 1.29 is 14.3 Å². The van der Waals surface area contributed by atoms with Crippen molar-refractivity contribution in [1.29, 1.82) is 0 Å². The maximum Gasteiger partial charge on any atom is 0.322 e. The van der Waals surface area contributed by atoms with Crippen molar-refractivity contribution in [2.24, 2.45) is 7.05 Å². The molecular weight excluding hydrogens is 416 g/mol. The van der Waals surface area contributed by atoms with Gasteiger partial charge in [0, 0.05) is 37.7 Å². The SMILES string of the molecule is C=CCN(CC(=O)N(Cc1ccccc1)Cc1cccn1C)C(=O)Nc1ccc(OC)cc1. The van der Waals surface area contributed by atoms with Crippen LogP contribution >= 0.6 is 0 Å². The van der Waals surface area contributed by atoms with E-state index < -0.39 is 0 Å². The van der Waals surface area contributed by atoms with Crippen LogP contribution in [0.4, 0.5) is 10.5 Å². The fraction of sp³-hybridized carbons (Fsp3) is 0.231. The summed E-state index contributed by atoms with van der Waals surface area (Å²) in [4.78, 5) is 29.5. The zero-order valence-electron chi connectivity index (χ0n) is 19.1. The predicted molar refractivity (Wildman–Crippen MR) is 130 cm³/mol.